The molecule has 0 unspecified atom stereocenters. The normalized spacial score (nSPS) is 10.1. The van der Waals surface area contributed by atoms with E-state index >= 15 is 0 Å². The van der Waals surface area contributed by atoms with Gasteiger partial charge in [-0.05, 0) is 28.8 Å². The van der Waals surface area contributed by atoms with E-state index in [0.717, 1.165) is 15.1 Å². The highest BCUT2D eigenvalue weighted by molar-refractivity contribution is 14.1. The third kappa shape index (κ3) is 2.76. The highest BCUT2D eigenvalue weighted by atomic mass is 127. The molecule has 2 nitrogen and oxygen atoms in total. The van der Waals surface area contributed by atoms with Crippen LogP contribution >= 0.6 is 46.0 Å². The molecule has 0 saturated heterocycles. The van der Waals surface area contributed by atoms with Gasteiger partial charge < -0.3 is 0 Å². The van der Waals surface area contributed by atoms with E-state index in [1.54, 1.807) is 18.0 Å². The van der Waals surface area contributed by atoms with Crippen LogP contribution in [0.3, 0.4) is 0 Å². The molecule has 0 atom stereocenters. The number of halogens is 2. The first kappa shape index (κ1) is 9.54. The summed E-state index contributed by atoms with van der Waals surface area (Å²) in [4.78, 5) is 8.19. The molecule has 60 valence electrons. The molecule has 0 aliphatic carbocycles. The van der Waals surface area contributed by atoms with Crippen molar-refractivity contribution in [3.05, 3.63) is 20.7 Å². The van der Waals surface area contributed by atoms with Gasteiger partial charge in [0.2, 0.25) is 0 Å². The molecule has 0 saturated carbocycles. The highest BCUT2D eigenvalue weighted by Gasteiger charge is 2.00. The van der Waals surface area contributed by atoms with Crippen LogP contribution in [0, 0.1) is 3.57 Å². The van der Waals surface area contributed by atoms with Crippen molar-refractivity contribution in [1.29, 1.82) is 0 Å². The highest BCUT2D eigenvalue weighted by Crippen LogP contribution is 2.15. The van der Waals surface area contributed by atoms with Crippen molar-refractivity contribution in [3.8, 4) is 0 Å². The Morgan fingerprint density at radius 1 is 1.73 bits per heavy atom. The van der Waals surface area contributed by atoms with Crippen molar-refractivity contribution < 1.29 is 0 Å². The Hall–Kier alpha value is 0.450. The monoisotopic (exact) mass is 300 g/mol. The fraction of sp³-hybridized carbons (Fsp3) is 0.333. The van der Waals surface area contributed by atoms with Crippen LogP contribution < -0.4 is 0 Å². The zero-order valence-electron chi connectivity index (χ0n) is 5.84. The third-order valence-corrected chi connectivity index (χ3v) is 2.97. The van der Waals surface area contributed by atoms with Gasteiger partial charge in [0, 0.05) is 6.20 Å². The molecule has 0 radical (unpaired) electrons. The van der Waals surface area contributed by atoms with Gasteiger partial charge in [0.05, 0.1) is 9.32 Å². The number of hydrogen-bond acceptors (Lipinski definition) is 3. The average molecular weight is 301 g/mol. The largest absolute Gasteiger partial charge is 0.239 e. The maximum Gasteiger partial charge on any atom is 0.146 e. The number of hydrogen-bond donors (Lipinski definition) is 0. The Morgan fingerprint density at radius 3 is 3.00 bits per heavy atom. The van der Waals surface area contributed by atoms with Gasteiger partial charge in [0.1, 0.15) is 11.0 Å². The van der Waals surface area contributed by atoms with Gasteiger partial charge >= 0.3 is 0 Å². The standard InChI is InChI=1S/C6H6ClIN2S/c1-11-3-5-9-2-4(8)6(7)10-5/h2H,3H2,1H3. The Morgan fingerprint density at radius 2 is 2.45 bits per heavy atom. The van der Waals surface area contributed by atoms with Gasteiger partial charge in [0.15, 0.2) is 0 Å². The van der Waals surface area contributed by atoms with Crippen LogP contribution in [0.1, 0.15) is 5.82 Å². The van der Waals surface area contributed by atoms with Crippen LogP contribution in [0.15, 0.2) is 6.20 Å². The SMILES string of the molecule is CSCc1ncc(I)c(Cl)n1. The van der Waals surface area contributed by atoms with Gasteiger partial charge in [-0.2, -0.15) is 11.8 Å². The lowest BCUT2D eigenvalue weighted by Gasteiger charge is -1.97. The quantitative estimate of drug-likeness (QED) is 0.620. The van der Waals surface area contributed by atoms with E-state index in [9.17, 15) is 0 Å². The molecule has 0 aliphatic rings. The summed E-state index contributed by atoms with van der Waals surface area (Å²) in [5.74, 6) is 1.61. The number of nitrogens with zero attached hydrogens (tertiary/aromatic N) is 2. The second-order valence-corrected chi connectivity index (χ2v) is 4.24. The average Bonchev–Trinajstić information content (AvgIpc) is 1.98. The maximum absolute atomic E-state index is 5.78. The van der Waals surface area contributed by atoms with Crippen molar-refractivity contribution in [3.63, 3.8) is 0 Å². The van der Waals surface area contributed by atoms with Gasteiger partial charge in [-0.1, -0.05) is 11.6 Å². The smallest absolute Gasteiger partial charge is 0.146 e. The molecule has 11 heavy (non-hydrogen) atoms. The summed E-state index contributed by atoms with van der Waals surface area (Å²) < 4.78 is 0.897. The molecular weight excluding hydrogens is 295 g/mol. The second kappa shape index (κ2) is 4.47. The molecule has 0 aromatic carbocycles. The topological polar surface area (TPSA) is 25.8 Å². The molecule has 5 heteroatoms. The van der Waals surface area contributed by atoms with Gasteiger partial charge in [-0.15, -0.1) is 0 Å². The van der Waals surface area contributed by atoms with E-state index in [1.165, 1.54) is 0 Å². The van der Waals surface area contributed by atoms with Crippen molar-refractivity contribution in [1.82, 2.24) is 9.97 Å². The van der Waals surface area contributed by atoms with Crippen molar-refractivity contribution in [2.24, 2.45) is 0 Å². The van der Waals surface area contributed by atoms with E-state index in [0.29, 0.717) is 5.15 Å². The van der Waals surface area contributed by atoms with Crippen LogP contribution in [-0.2, 0) is 5.75 Å². The van der Waals surface area contributed by atoms with Crippen molar-refractivity contribution >= 4 is 46.0 Å². The first-order valence-electron chi connectivity index (χ1n) is 2.90. The predicted octanol–water partition coefficient (Wildman–Crippen LogP) is 2.60. The van der Waals surface area contributed by atoms with E-state index in [2.05, 4.69) is 32.6 Å². The molecule has 0 aliphatic heterocycles. The van der Waals surface area contributed by atoms with Crippen molar-refractivity contribution in [2.45, 2.75) is 5.75 Å². The lowest BCUT2D eigenvalue weighted by atomic mass is 10.6. The zero-order chi connectivity index (χ0) is 8.27. The number of aromatic nitrogens is 2. The molecule has 0 spiro atoms. The fourth-order valence-electron chi connectivity index (χ4n) is 0.579. The first-order chi connectivity index (χ1) is 5.24. The molecule has 1 heterocycles. The third-order valence-electron chi connectivity index (χ3n) is 1.02. The Labute approximate surface area is 88.3 Å². The van der Waals surface area contributed by atoms with Crippen LogP contribution in [0.4, 0.5) is 0 Å². The van der Waals surface area contributed by atoms with Crippen molar-refractivity contribution in [2.75, 3.05) is 6.26 Å². The minimum atomic E-state index is 0.546. The molecular formula is C6H6ClIN2S. The Balaban J connectivity index is 2.86. The van der Waals surface area contributed by atoms with Crippen LogP contribution in [0.5, 0.6) is 0 Å². The summed E-state index contributed by atoms with van der Waals surface area (Å²) in [5.41, 5.74) is 0. The molecule has 1 rings (SSSR count). The summed E-state index contributed by atoms with van der Waals surface area (Å²) in [6.07, 6.45) is 3.75. The molecule has 0 amide bonds. The summed E-state index contributed by atoms with van der Waals surface area (Å²) in [6, 6.07) is 0. The molecule has 0 fully saturated rings. The Kier molecular flexibility index (Phi) is 3.88. The molecule has 0 bridgehead atoms. The van der Waals surface area contributed by atoms with E-state index in [1.807, 2.05) is 6.26 Å². The van der Waals surface area contributed by atoms with Crippen LogP contribution in [-0.4, -0.2) is 16.2 Å². The predicted molar refractivity (Wildman–Crippen MR) is 57.0 cm³/mol. The summed E-state index contributed by atoms with van der Waals surface area (Å²) in [6.45, 7) is 0. The minimum absolute atomic E-state index is 0.546. The fourth-order valence-corrected chi connectivity index (χ4v) is 1.38. The molecule has 0 N–H and O–H groups in total. The van der Waals surface area contributed by atoms with Gasteiger partial charge in [-0.3, -0.25) is 0 Å². The van der Waals surface area contributed by atoms with Crippen LogP contribution in [0.25, 0.3) is 0 Å². The van der Waals surface area contributed by atoms with Gasteiger partial charge in [0.25, 0.3) is 0 Å². The zero-order valence-corrected chi connectivity index (χ0v) is 9.57. The minimum Gasteiger partial charge on any atom is -0.239 e. The van der Waals surface area contributed by atoms with E-state index in [-0.39, 0.29) is 0 Å². The Bertz CT molecular complexity index is 256. The number of rotatable bonds is 2. The maximum atomic E-state index is 5.78. The first-order valence-corrected chi connectivity index (χ1v) is 5.75. The van der Waals surface area contributed by atoms with Crippen LogP contribution in [0.2, 0.25) is 5.15 Å². The van der Waals surface area contributed by atoms with E-state index in [4.69, 9.17) is 11.6 Å². The molecule has 1 aromatic rings. The second-order valence-electron chi connectivity index (χ2n) is 1.86. The van der Waals surface area contributed by atoms with Gasteiger partial charge in [-0.25, -0.2) is 9.97 Å². The summed E-state index contributed by atoms with van der Waals surface area (Å²) in [5, 5.41) is 0.546. The lowest BCUT2D eigenvalue weighted by molar-refractivity contribution is 1.03. The summed E-state index contributed by atoms with van der Waals surface area (Å²) in [7, 11) is 0. The van der Waals surface area contributed by atoms with E-state index < -0.39 is 0 Å². The summed E-state index contributed by atoms with van der Waals surface area (Å²) >= 11 is 9.57. The lowest BCUT2D eigenvalue weighted by Crippen LogP contribution is -1.93. The molecule has 1 aromatic heterocycles. The number of thioether (sulfide) groups is 1.